The van der Waals surface area contributed by atoms with E-state index in [4.69, 9.17) is 10.5 Å². The van der Waals surface area contributed by atoms with Crippen molar-refractivity contribution >= 4 is 0 Å². The summed E-state index contributed by atoms with van der Waals surface area (Å²) in [4.78, 5) is 0. The predicted octanol–water partition coefficient (Wildman–Crippen LogP) is 3.31. The summed E-state index contributed by atoms with van der Waals surface area (Å²) in [5.41, 5.74) is 7.68. The Morgan fingerprint density at radius 2 is 1.79 bits per heavy atom. The molecule has 0 bridgehead atoms. The molecule has 0 aliphatic heterocycles. The molecule has 2 N–H and O–H groups in total. The molecule has 0 unspecified atom stereocenters. The number of halogens is 2. The van der Waals surface area contributed by atoms with Gasteiger partial charge in [0.15, 0.2) is 11.6 Å². The van der Waals surface area contributed by atoms with Crippen molar-refractivity contribution in [2.75, 3.05) is 0 Å². The molecule has 2 nitrogen and oxygen atoms in total. The van der Waals surface area contributed by atoms with Crippen LogP contribution in [0.3, 0.4) is 0 Å². The maximum Gasteiger partial charge on any atom is 0.165 e. The summed E-state index contributed by atoms with van der Waals surface area (Å²) in [6.07, 6.45) is 0. The summed E-state index contributed by atoms with van der Waals surface area (Å²) < 4.78 is 32.2. The molecular formula is C15H15F2NO. The first kappa shape index (κ1) is 13.5. The van der Waals surface area contributed by atoms with Crippen molar-refractivity contribution in [2.45, 2.75) is 20.1 Å². The normalized spacial score (nSPS) is 10.5. The van der Waals surface area contributed by atoms with Crippen molar-refractivity contribution in [3.8, 4) is 5.75 Å². The zero-order valence-corrected chi connectivity index (χ0v) is 10.6. The van der Waals surface area contributed by atoms with Crippen LogP contribution in [0.1, 0.15) is 16.7 Å². The summed E-state index contributed by atoms with van der Waals surface area (Å²) >= 11 is 0. The highest BCUT2D eigenvalue weighted by atomic mass is 19.1. The van der Waals surface area contributed by atoms with Gasteiger partial charge in [-0.25, -0.2) is 8.78 Å². The van der Waals surface area contributed by atoms with Gasteiger partial charge in [-0.3, -0.25) is 0 Å². The Balaban J connectivity index is 2.14. The third-order valence-corrected chi connectivity index (χ3v) is 2.73. The molecule has 19 heavy (non-hydrogen) atoms. The molecule has 2 aromatic rings. The van der Waals surface area contributed by atoms with Gasteiger partial charge in [-0.05, 0) is 47.9 Å². The van der Waals surface area contributed by atoms with E-state index >= 15 is 0 Å². The summed E-state index contributed by atoms with van der Waals surface area (Å²) in [7, 11) is 0. The molecule has 0 aromatic heterocycles. The highest BCUT2D eigenvalue weighted by molar-refractivity contribution is 5.30. The number of hydrogen-bond acceptors (Lipinski definition) is 2. The van der Waals surface area contributed by atoms with Crippen molar-refractivity contribution in [2.24, 2.45) is 5.73 Å². The molecule has 0 saturated carbocycles. The third kappa shape index (κ3) is 3.51. The summed E-state index contributed by atoms with van der Waals surface area (Å²) in [6.45, 7) is 2.20. The van der Waals surface area contributed by atoms with E-state index in [0.29, 0.717) is 11.1 Å². The lowest BCUT2D eigenvalue weighted by atomic mass is 10.1. The molecule has 0 heterocycles. The molecule has 100 valence electrons. The first-order chi connectivity index (χ1) is 9.08. The van der Waals surface area contributed by atoms with Crippen molar-refractivity contribution in [3.63, 3.8) is 0 Å². The van der Waals surface area contributed by atoms with E-state index < -0.39 is 5.82 Å². The van der Waals surface area contributed by atoms with Crippen molar-refractivity contribution in [3.05, 3.63) is 64.7 Å². The van der Waals surface area contributed by atoms with E-state index in [0.717, 1.165) is 5.56 Å². The van der Waals surface area contributed by atoms with Crippen LogP contribution in [-0.2, 0) is 13.2 Å². The second-order valence-corrected chi connectivity index (χ2v) is 4.39. The van der Waals surface area contributed by atoms with Crippen LogP contribution in [0.25, 0.3) is 0 Å². The Kier molecular flexibility index (Phi) is 4.12. The fourth-order valence-corrected chi connectivity index (χ4v) is 1.80. The Labute approximate surface area is 110 Å². The van der Waals surface area contributed by atoms with Crippen LogP contribution in [0.5, 0.6) is 5.75 Å². The molecular weight excluding hydrogens is 248 g/mol. The second kappa shape index (κ2) is 5.80. The van der Waals surface area contributed by atoms with Crippen LogP contribution in [0.4, 0.5) is 8.78 Å². The average molecular weight is 263 g/mol. The Morgan fingerprint density at radius 3 is 2.53 bits per heavy atom. The number of rotatable bonds is 4. The fourth-order valence-electron chi connectivity index (χ4n) is 1.80. The van der Waals surface area contributed by atoms with Gasteiger partial charge in [-0.15, -0.1) is 0 Å². The quantitative estimate of drug-likeness (QED) is 0.918. The molecule has 0 fully saturated rings. The van der Waals surface area contributed by atoms with Gasteiger partial charge in [-0.2, -0.15) is 0 Å². The lowest BCUT2D eigenvalue weighted by Crippen LogP contribution is -2.02. The maximum atomic E-state index is 13.5. The monoisotopic (exact) mass is 263 g/mol. The van der Waals surface area contributed by atoms with Gasteiger partial charge in [-0.1, -0.05) is 12.1 Å². The van der Waals surface area contributed by atoms with Crippen LogP contribution in [-0.4, -0.2) is 0 Å². The summed E-state index contributed by atoms with van der Waals surface area (Å²) in [5, 5.41) is 0. The van der Waals surface area contributed by atoms with Crippen LogP contribution in [0.15, 0.2) is 36.4 Å². The molecule has 0 amide bonds. The minimum Gasteiger partial charge on any atom is -0.486 e. The van der Waals surface area contributed by atoms with Crippen molar-refractivity contribution in [1.29, 1.82) is 0 Å². The minimum atomic E-state index is -0.430. The largest absolute Gasteiger partial charge is 0.486 e. The van der Waals surface area contributed by atoms with E-state index in [9.17, 15) is 8.78 Å². The average Bonchev–Trinajstić information content (AvgIpc) is 2.39. The van der Waals surface area contributed by atoms with E-state index in [2.05, 4.69) is 0 Å². The molecule has 0 saturated heterocycles. The van der Waals surface area contributed by atoms with Gasteiger partial charge >= 0.3 is 0 Å². The Bertz CT molecular complexity index is 584. The topological polar surface area (TPSA) is 35.2 Å². The molecule has 0 spiro atoms. The number of ether oxygens (including phenoxy) is 1. The van der Waals surface area contributed by atoms with Gasteiger partial charge < -0.3 is 10.5 Å². The molecule has 0 radical (unpaired) electrons. The maximum absolute atomic E-state index is 13.5. The van der Waals surface area contributed by atoms with Crippen LogP contribution in [0.2, 0.25) is 0 Å². The molecule has 4 heteroatoms. The highest BCUT2D eigenvalue weighted by Crippen LogP contribution is 2.20. The van der Waals surface area contributed by atoms with Crippen LogP contribution >= 0.6 is 0 Å². The Morgan fingerprint density at radius 1 is 1.05 bits per heavy atom. The highest BCUT2D eigenvalue weighted by Gasteiger charge is 2.05. The number of benzene rings is 2. The first-order valence-corrected chi connectivity index (χ1v) is 5.96. The third-order valence-electron chi connectivity index (χ3n) is 2.73. The summed E-state index contributed by atoms with van der Waals surface area (Å²) in [5.74, 6) is -0.633. The Hall–Kier alpha value is -1.94. The van der Waals surface area contributed by atoms with E-state index in [1.807, 2.05) is 6.92 Å². The lowest BCUT2D eigenvalue weighted by Gasteiger charge is -2.09. The van der Waals surface area contributed by atoms with Gasteiger partial charge in [0.05, 0.1) is 0 Å². The molecule has 0 aliphatic carbocycles. The SMILES string of the molecule is Cc1ccc(F)c(OCc2cc(F)cc(CN)c2)c1. The molecule has 0 aliphatic rings. The number of nitrogens with two attached hydrogens (primary N) is 1. The fraction of sp³-hybridized carbons (Fsp3) is 0.200. The molecule has 2 rings (SSSR count). The number of hydrogen-bond donors (Lipinski definition) is 1. The van der Waals surface area contributed by atoms with Gasteiger partial charge in [0, 0.05) is 6.54 Å². The van der Waals surface area contributed by atoms with E-state index in [1.54, 1.807) is 18.2 Å². The van der Waals surface area contributed by atoms with E-state index in [1.165, 1.54) is 18.2 Å². The predicted molar refractivity (Wildman–Crippen MR) is 69.8 cm³/mol. The zero-order valence-electron chi connectivity index (χ0n) is 10.6. The van der Waals surface area contributed by atoms with Crippen LogP contribution in [0, 0.1) is 18.6 Å². The molecule has 2 aromatic carbocycles. The number of aryl methyl sites for hydroxylation is 1. The van der Waals surface area contributed by atoms with Gasteiger partial charge in [0.25, 0.3) is 0 Å². The van der Waals surface area contributed by atoms with Gasteiger partial charge in [0.2, 0.25) is 0 Å². The standard InChI is InChI=1S/C15H15F2NO/c1-10-2-3-14(17)15(4-10)19-9-12-5-11(8-18)6-13(16)7-12/h2-7H,8-9,18H2,1H3. The first-order valence-electron chi connectivity index (χ1n) is 5.96. The van der Waals surface area contributed by atoms with Crippen molar-refractivity contribution < 1.29 is 13.5 Å². The second-order valence-electron chi connectivity index (χ2n) is 4.39. The zero-order chi connectivity index (χ0) is 13.8. The van der Waals surface area contributed by atoms with Crippen LogP contribution < -0.4 is 10.5 Å². The lowest BCUT2D eigenvalue weighted by molar-refractivity contribution is 0.289. The summed E-state index contributed by atoms with van der Waals surface area (Å²) in [6, 6.07) is 9.09. The minimum absolute atomic E-state index is 0.102. The van der Waals surface area contributed by atoms with Crippen molar-refractivity contribution in [1.82, 2.24) is 0 Å². The van der Waals surface area contributed by atoms with Gasteiger partial charge in [0.1, 0.15) is 12.4 Å². The van der Waals surface area contributed by atoms with E-state index in [-0.39, 0.29) is 24.7 Å². The smallest absolute Gasteiger partial charge is 0.165 e. The molecule has 0 atom stereocenters.